The highest BCUT2D eigenvalue weighted by molar-refractivity contribution is 6.33. The summed E-state index contributed by atoms with van der Waals surface area (Å²) in [6.45, 7) is 0.0226. The highest BCUT2D eigenvalue weighted by Gasteiger charge is 2.02. The maximum absolute atomic E-state index is 9.03. The molecule has 1 radical (unpaired) electrons. The van der Waals surface area contributed by atoms with Crippen molar-refractivity contribution in [3.05, 3.63) is 59.1 Å². The zero-order valence-electron chi connectivity index (χ0n) is 8.07. The average molecular weight is 218 g/mol. The fourth-order valence-corrected chi connectivity index (χ4v) is 1.71. The Balaban J connectivity index is 2.49. The Labute approximate surface area is 94.0 Å². The Morgan fingerprint density at radius 2 is 2.00 bits per heavy atom. The van der Waals surface area contributed by atoms with Crippen molar-refractivity contribution in [3.8, 4) is 11.1 Å². The second-order valence-electron chi connectivity index (χ2n) is 3.27. The van der Waals surface area contributed by atoms with E-state index < -0.39 is 0 Å². The normalized spacial score (nSPS) is 10.3. The van der Waals surface area contributed by atoms with Crippen molar-refractivity contribution >= 4 is 11.6 Å². The third-order valence-corrected chi connectivity index (χ3v) is 2.55. The zero-order chi connectivity index (χ0) is 10.7. The highest BCUT2D eigenvalue weighted by atomic mass is 35.5. The SMILES string of the molecule is OCc1c[c]cc(-c2ccccc2Cl)c1. The summed E-state index contributed by atoms with van der Waals surface area (Å²) in [4.78, 5) is 0. The minimum atomic E-state index is 0.0226. The summed E-state index contributed by atoms with van der Waals surface area (Å²) in [5, 5.41) is 9.73. The smallest absolute Gasteiger partial charge is 0.0682 e. The topological polar surface area (TPSA) is 20.2 Å². The van der Waals surface area contributed by atoms with E-state index >= 15 is 0 Å². The van der Waals surface area contributed by atoms with Crippen molar-refractivity contribution in [2.75, 3.05) is 0 Å². The lowest BCUT2D eigenvalue weighted by atomic mass is 10.0. The third-order valence-electron chi connectivity index (χ3n) is 2.22. The molecule has 0 aromatic heterocycles. The molecule has 0 spiro atoms. The van der Waals surface area contributed by atoms with E-state index in [2.05, 4.69) is 6.07 Å². The van der Waals surface area contributed by atoms with Gasteiger partial charge in [0.05, 0.1) is 6.61 Å². The molecule has 0 amide bonds. The molecule has 0 saturated heterocycles. The molecule has 0 unspecified atom stereocenters. The first kappa shape index (κ1) is 10.2. The molecule has 2 aromatic rings. The second-order valence-corrected chi connectivity index (χ2v) is 3.68. The summed E-state index contributed by atoms with van der Waals surface area (Å²) in [6.07, 6.45) is 0. The molecule has 2 aromatic carbocycles. The van der Waals surface area contributed by atoms with E-state index in [1.54, 1.807) is 6.07 Å². The van der Waals surface area contributed by atoms with Crippen LogP contribution in [-0.4, -0.2) is 5.11 Å². The van der Waals surface area contributed by atoms with Crippen LogP contribution < -0.4 is 0 Å². The largest absolute Gasteiger partial charge is 0.392 e. The minimum Gasteiger partial charge on any atom is -0.392 e. The van der Waals surface area contributed by atoms with Crippen LogP contribution in [0, 0.1) is 6.07 Å². The molecule has 0 atom stereocenters. The molecule has 75 valence electrons. The number of halogens is 1. The average Bonchev–Trinajstić information content (AvgIpc) is 2.30. The molecule has 0 bridgehead atoms. The fraction of sp³-hybridized carbons (Fsp3) is 0.0769. The van der Waals surface area contributed by atoms with Gasteiger partial charge in [-0.25, -0.2) is 0 Å². The van der Waals surface area contributed by atoms with Gasteiger partial charge < -0.3 is 5.11 Å². The van der Waals surface area contributed by atoms with Crippen molar-refractivity contribution < 1.29 is 5.11 Å². The van der Waals surface area contributed by atoms with Crippen molar-refractivity contribution in [3.63, 3.8) is 0 Å². The van der Waals surface area contributed by atoms with Crippen LogP contribution in [0.3, 0.4) is 0 Å². The molecule has 0 aliphatic rings. The van der Waals surface area contributed by atoms with Crippen molar-refractivity contribution in [2.45, 2.75) is 6.61 Å². The molecule has 1 N–H and O–H groups in total. The summed E-state index contributed by atoms with van der Waals surface area (Å²) in [7, 11) is 0. The lowest BCUT2D eigenvalue weighted by molar-refractivity contribution is 0.282. The van der Waals surface area contributed by atoms with Gasteiger partial charge in [0, 0.05) is 10.6 Å². The van der Waals surface area contributed by atoms with Crippen molar-refractivity contribution in [2.24, 2.45) is 0 Å². The van der Waals surface area contributed by atoms with Crippen molar-refractivity contribution in [1.82, 2.24) is 0 Å². The number of rotatable bonds is 2. The summed E-state index contributed by atoms with van der Waals surface area (Å²) >= 11 is 6.08. The van der Waals surface area contributed by atoms with E-state index in [0.29, 0.717) is 5.02 Å². The lowest BCUT2D eigenvalue weighted by Crippen LogP contribution is -1.85. The van der Waals surface area contributed by atoms with Crippen LogP contribution in [-0.2, 0) is 6.61 Å². The Hall–Kier alpha value is -1.31. The first-order valence-electron chi connectivity index (χ1n) is 4.67. The molecule has 0 aliphatic heterocycles. The predicted molar refractivity (Wildman–Crippen MR) is 61.6 cm³/mol. The summed E-state index contributed by atoms with van der Waals surface area (Å²) < 4.78 is 0. The van der Waals surface area contributed by atoms with E-state index in [9.17, 15) is 0 Å². The van der Waals surface area contributed by atoms with Crippen molar-refractivity contribution in [1.29, 1.82) is 0 Å². The number of hydrogen-bond acceptors (Lipinski definition) is 1. The monoisotopic (exact) mass is 217 g/mol. The van der Waals surface area contributed by atoms with Crippen LogP contribution >= 0.6 is 11.6 Å². The van der Waals surface area contributed by atoms with E-state index in [4.69, 9.17) is 16.7 Å². The number of aliphatic hydroxyl groups excluding tert-OH is 1. The fourth-order valence-electron chi connectivity index (χ4n) is 1.46. The molecular weight excluding hydrogens is 208 g/mol. The van der Waals surface area contributed by atoms with Gasteiger partial charge in [0.25, 0.3) is 0 Å². The van der Waals surface area contributed by atoms with Gasteiger partial charge in [-0.1, -0.05) is 29.8 Å². The van der Waals surface area contributed by atoms with Gasteiger partial charge >= 0.3 is 0 Å². The number of hydrogen-bond donors (Lipinski definition) is 1. The van der Waals surface area contributed by atoms with Crippen LogP contribution in [0.25, 0.3) is 11.1 Å². The quantitative estimate of drug-likeness (QED) is 0.819. The van der Waals surface area contributed by atoms with Crippen LogP contribution in [0.15, 0.2) is 42.5 Å². The Morgan fingerprint density at radius 1 is 1.20 bits per heavy atom. The second kappa shape index (κ2) is 4.47. The van der Waals surface area contributed by atoms with E-state index in [1.807, 2.05) is 36.4 Å². The Morgan fingerprint density at radius 3 is 2.73 bits per heavy atom. The van der Waals surface area contributed by atoms with Gasteiger partial charge in [-0.05, 0) is 41.5 Å². The van der Waals surface area contributed by atoms with E-state index in [-0.39, 0.29) is 6.61 Å². The summed E-state index contributed by atoms with van der Waals surface area (Å²) in [5.41, 5.74) is 2.78. The van der Waals surface area contributed by atoms with Crippen LogP contribution in [0.2, 0.25) is 5.02 Å². The van der Waals surface area contributed by atoms with Gasteiger partial charge in [0.15, 0.2) is 0 Å². The summed E-state index contributed by atoms with van der Waals surface area (Å²) in [6, 6.07) is 16.2. The molecule has 0 saturated carbocycles. The number of aliphatic hydroxyl groups is 1. The lowest BCUT2D eigenvalue weighted by Gasteiger charge is -2.05. The first-order valence-corrected chi connectivity index (χ1v) is 5.05. The number of benzene rings is 2. The molecule has 2 rings (SSSR count). The predicted octanol–water partition coefficient (Wildman–Crippen LogP) is 3.30. The highest BCUT2D eigenvalue weighted by Crippen LogP contribution is 2.27. The van der Waals surface area contributed by atoms with Gasteiger partial charge in [-0.2, -0.15) is 0 Å². The molecule has 2 heteroatoms. The Bertz CT molecular complexity index is 466. The minimum absolute atomic E-state index is 0.0226. The standard InChI is InChI=1S/C13H10ClO/c14-13-7-2-1-6-12(13)11-5-3-4-10(8-11)9-15/h1-2,4-8,15H,9H2. The third kappa shape index (κ3) is 2.20. The van der Waals surface area contributed by atoms with Gasteiger partial charge in [0.2, 0.25) is 0 Å². The molecule has 1 nitrogen and oxygen atoms in total. The van der Waals surface area contributed by atoms with Gasteiger partial charge in [0.1, 0.15) is 0 Å². The van der Waals surface area contributed by atoms with Gasteiger partial charge in [-0.15, -0.1) is 0 Å². The molecule has 0 aliphatic carbocycles. The van der Waals surface area contributed by atoms with E-state index in [0.717, 1.165) is 16.7 Å². The molecular formula is C13H10ClO. The molecule has 0 fully saturated rings. The first-order chi connectivity index (χ1) is 7.31. The Kier molecular flexibility index (Phi) is 3.05. The molecule has 0 heterocycles. The summed E-state index contributed by atoms with van der Waals surface area (Å²) in [5.74, 6) is 0. The van der Waals surface area contributed by atoms with Gasteiger partial charge in [-0.3, -0.25) is 0 Å². The van der Waals surface area contributed by atoms with Crippen LogP contribution in [0.4, 0.5) is 0 Å². The maximum Gasteiger partial charge on any atom is 0.0682 e. The molecule has 15 heavy (non-hydrogen) atoms. The van der Waals surface area contributed by atoms with E-state index in [1.165, 1.54) is 0 Å². The zero-order valence-corrected chi connectivity index (χ0v) is 8.83. The van der Waals surface area contributed by atoms with Crippen LogP contribution in [0.5, 0.6) is 0 Å². The maximum atomic E-state index is 9.03. The van der Waals surface area contributed by atoms with Crippen LogP contribution in [0.1, 0.15) is 5.56 Å².